The maximum atomic E-state index is 4.23. The van der Waals surface area contributed by atoms with Crippen molar-refractivity contribution < 1.29 is 0 Å². The molecule has 50 heavy (non-hydrogen) atoms. The number of aromatic nitrogens is 2. The first kappa shape index (κ1) is 29.7. The summed E-state index contributed by atoms with van der Waals surface area (Å²) in [4.78, 5) is 8.46. The van der Waals surface area contributed by atoms with Crippen LogP contribution in [0.25, 0.3) is 88.0 Å². The Kier molecular flexibility index (Phi) is 7.29. The van der Waals surface area contributed by atoms with E-state index in [0.29, 0.717) is 0 Å². The van der Waals surface area contributed by atoms with Gasteiger partial charge in [0.1, 0.15) is 0 Å². The predicted molar refractivity (Wildman–Crippen MR) is 211 cm³/mol. The van der Waals surface area contributed by atoms with E-state index in [-0.39, 0.29) is 0 Å². The molecule has 0 unspecified atom stereocenters. The van der Waals surface area contributed by atoms with Crippen molar-refractivity contribution in [1.82, 2.24) is 9.97 Å². The van der Waals surface area contributed by atoms with Crippen molar-refractivity contribution >= 4 is 32.3 Å². The van der Waals surface area contributed by atoms with Crippen LogP contribution in [0.1, 0.15) is 11.1 Å². The summed E-state index contributed by atoms with van der Waals surface area (Å²) in [6.07, 6.45) is 7.44. The van der Waals surface area contributed by atoms with Gasteiger partial charge >= 0.3 is 0 Å². The van der Waals surface area contributed by atoms with Crippen LogP contribution < -0.4 is 0 Å². The summed E-state index contributed by atoms with van der Waals surface area (Å²) >= 11 is 0. The molecule has 0 aliphatic rings. The standard InChI is InChI=1S/C48H34N2/c1-31-27-37(34-19-23-49-24-20-34)13-16-41(31)47-43-9-5-6-10-44(43)48(42-17-14-38(28-32(42)2)35-21-25-50-26-22-35)46-30-40(15-18-45(46)47)39-12-11-33-7-3-4-8-36(33)29-39/h3-30H,1-2H3. The van der Waals surface area contributed by atoms with Crippen molar-refractivity contribution in [3.05, 3.63) is 182 Å². The number of benzene rings is 7. The summed E-state index contributed by atoms with van der Waals surface area (Å²) in [6, 6.07) is 53.4. The molecule has 0 N–H and O–H groups in total. The smallest absolute Gasteiger partial charge is 0.0273 e. The lowest BCUT2D eigenvalue weighted by Gasteiger charge is -2.21. The van der Waals surface area contributed by atoms with Crippen LogP contribution in [0.15, 0.2) is 170 Å². The summed E-state index contributed by atoms with van der Waals surface area (Å²) < 4.78 is 0. The molecule has 2 aromatic heterocycles. The second-order valence-corrected chi connectivity index (χ2v) is 13.1. The molecular formula is C48H34N2. The van der Waals surface area contributed by atoms with Crippen LogP contribution in [-0.4, -0.2) is 9.97 Å². The zero-order valence-electron chi connectivity index (χ0n) is 28.1. The van der Waals surface area contributed by atoms with Crippen LogP contribution in [0.4, 0.5) is 0 Å². The monoisotopic (exact) mass is 638 g/mol. The van der Waals surface area contributed by atoms with Crippen molar-refractivity contribution in [1.29, 1.82) is 0 Å². The molecule has 0 spiro atoms. The molecule has 0 amide bonds. The molecule has 0 aliphatic heterocycles. The van der Waals surface area contributed by atoms with Crippen LogP contribution >= 0.6 is 0 Å². The van der Waals surface area contributed by atoms with E-state index in [0.717, 1.165) is 0 Å². The van der Waals surface area contributed by atoms with Gasteiger partial charge in [0.15, 0.2) is 0 Å². The lowest BCUT2D eigenvalue weighted by Crippen LogP contribution is -1.95. The number of pyridine rings is 2. The van der Waals surface area contributed by atoms with E-state index in [1.165, 1.54) is 99.1 Å². The highest BCUT2D eigenvalue weighted by atomic mass is 14.6. The van der Waals surface area contributed by atoms with Crippen LogP contribution in [-0.2, 0) is 0 Å². The van der Waals surface area contributed by atoms with E-state index >= 15 is 0 Å². The number of nitrogens with zero attached hydrogens (tertiary/aromatic N) is 2. The van der Waals surface area contributed by atoms with Gasteiger partial charge in [-0.05, 0) is 149 Å². The molecular weight excluding hydrogens is 605 g/mol. The molecule has 2 nitrogen and oxygen atoms in total. The average Bonchev–Trinajstić information content (AvgIpc) is 3.17. The van der Waals surface area contributed by atoms with Gasteiger partial charge < -0.3 is 0 Å². The zero-order valence-corrected chi connectivity index (χ0v) is 28.1. The quantitative estimate of drug-likeness (QED) is 0.175. The molecule has 0 bridgehead atoms. The minimum atomic E-state index is 1.17. The fourth-order valence-corrected chi connectivity index (χ4v) is 7.64. The van der Waals surface area contributed by atoms with Gasteiger partial charge in [-0.2, -0.15) is 0 Å². The third-order valence-corrected chi connectivity index (χ3v) is 10.1. The Balaban J connectivity index is 1.33. The third-order valence-electron chi connectivity index (χ3n) is 10.1. The number of rotatable bonds is 5. The minimum Gasteiger partial charge on any atom is -0.265 e. The highest BCUT2D eigenvalue weighted by molar-refractivity contribution is 6.22. The lowest BCUT2D eigenvalue weighted by atomic mass is 9.82. The molecule has 0 atom stereocenters. The van der Waals surface area contributed by atoms with Crippen molar-refractivity contribution in [2.24, 2.45) is 0 Å². The van der Waals surface area contributed by atoms with Crippen molar-refractivity contribution in [2.75, 3.05) is 0 Å². The Hall–Kier alpha value is -6.38. The molecule has 9 aromatic rings. The predicted octanol–water partition coefficient (Wildman–Crippen LogP) is 12.9. The molecule has 9 rings (SSSR count). The molecule has 2 heterocycles. The van der Waals surface area contributed by atoms with E-state index in [9.17, 15) is 0 Å². The van der Waals surface area contributed by atoms with Gasteiger partial charge in [-0.1, -0.05) is 109 Å². The fraction of sp³-hybridized carbons (Fsp3) is 0.0417. The Morgan fingerprint density at radius 2 is 0.760 bits per heavy atom. The number of aryl methyl sites for hydroxylation is 2. The van der Waals surface area contributed by atoms with Crippen molar-refractivity contribution in [3.63, 3.8) is 0 Å². The SMILES string of the molecule is Cc1cc(-c2ccncc2)ccc1-c1c2ccccc2c(-c2ccc(-c3ccncc3)cc2C)c2cc(-c3ccc4ccccc4c3)ccc12. The third kappa shape index (κ3) is 5.14. The molecule has 0 radical (unpaired) electrons. The molecule has 236 valence electrons. The van der Waals surface area contributed by atoms with E-state index in [4.69, 9.17) is 0 Å². The van der Waals surface area contributed by atoms with Gasteiger partial charge in [-0.25, -0.2) is 0 Å². The highest BCUT2D eigenvalue weighted by Gasteiger charge is 2.20. The van der Waals surface area contributed by atoms with Crippen LogP contribution in [0.2, 0.25) is 0 Å². The van der Waals surface area contributed by atoms with E-state index < -0.39 is 0 Å². The normalized spacial score (nSPS) is 11.4. The minimum absolute atomic E-state index is 1.17. The van der Waals surface area contributed by atoms with Crippen molar-refractivity contribution in [2.45, 2.75) is 13.8 Å². The number of fused-ring (bicyclic) bond motifs is 3. The lowest BCUT2D eigenvalue weighted by molar-refractivity contribution is 1.33. The Morgan fingerprint density at radius 1 is 0.320 bits per heavy atom. The molecule has 7 aromatic carbocycles. The molecule has 0 saturated heterocycles. The van der Waals surface area contributed by atoms with Crippen LogP contribution in [0.5, 0.6) is 0 Å². The average molecular weight is 639 g/mol. The molecule has 2 heteroatoms. The maximum absolute atomic E-state index is 4.23. The highest BCUT2D eigenvalue weighted by Crippen LogP contribution is 2.47. The van der Waals surface area contributed by atoms with Gasteiger partial charge in [0.05, 0.1) is 0 Å². The maximum Gasteiger partial charge on any atom is 0.0273 e. The largest absolute Gasteiger partial charge is 0.265 e. The van der Waals surface area contributed by atoms with Crippen LogP contribution in [0.3, 0.4) is 0 Å². The first-order valence-electron chi connectivity index (χ1n) is 17.1. The summed E-state index contributed by atoms with van der Waals surface area (Å²) in [5.74, 6) is 0. The second kappa shape index (κ2) is 12.3. The Morgan fingerprint density at radius 3 is 1.34 bits per heavy atom. The topological polar surface area (TPSA) is 25.8 Å². The van der Waals surface area contributed by atoms with Gasteiger partial charge in [-0.15, -0.1) is 0 Å². The van der Waals surface area contributed by atoms with Crippen LogP contribution in [0, 0.1) is 13.8 Å². The Labute approximate surface area is 292 Å². The first-order valence-corrected chi connectivity index (χ1v) is 17.1. The molecule has 0 fully saturated rings. The summed E-state index contributed by atoms with van der Waals surface area (Å²) in [6.45, 7) is 4.48. The molecule has 0 aliphatic carbocycles. The van der Waals surface area contributed by atoms with E-state index in [1.807, 2.05) is 24.8 Å². The summed E-state index contributed by atoms with van der Waals surface area (Å²) in [7, 11) is 0. The second-order valence-electron chi connectivity index (χ2n) is 13.1. The van der Waals surface area contributed by atoms with Gasteiger partial charge in [-0.3, -0.25) is 9.97 Å². The summed E-state index contributed by atoms with van der Waals surface area (Å²) in [5, 5.41) is 7.51. The van der Waals surface area contributed by atoms with E-state index in [2.05, 4.69) is 169 Å². The fourth-order valence-electron chi connectivity index (χ4n) is 7.64. The Bertz CT molecular complexity index is 2710. The summed E-state index contributed by atoms with van der Waals surface area (Å²) in [5.41, 5.74) is 14.7. The van der Waals surface area contributed by atoms with Gasteiger partial charge in [0.2, 0.25) is 0 Å². The van der Waals surface area contributed by atoms with E-state index in [1.54, 1.807) is 0 Å². The first-order chi connectivity index (χ1) is 24.6. The number of hydrogen-bond donors (Lipinski definition) is 0. The van der Waals surface area contributed by atoms with Gasteiger partial charge in [0, 0.05) is 24.8 Å². The molecule has 0 saturated carbocycles. The van der Waals surface area contributed by atoms with Crippen molar-refractivity contribution in [3.8, 4) is 55.6 Å². The van der Waals surface area contributed by atoms with Gasteiger partial charge in [0.25, 0.3) is 0 Å². The zero-order chi connectivity index (χ0) is 33.6. The number of hydrogen-bond acceptors (Lipinski definition) is 2.